The van der Waals surface area contributed by atoms with Crippen LogP contribution in [0.1, 0.15) is 20.3 Å². The molecule has 1 atom stereocenters. The predicted molar refractivity (Wildman–Crippen MR) is 71.9 cm³/mol. The van der Waals surface area contributed by atoms with Crippen LogP contribution in [0.3, 0.4) is 0 Å². The van der Waals surface area contributed by atoms with Gasteiger partial charge in [0.1, 0.15) is 5.75 Å². The number of halogens is 1. The summed E-state index contributed by atoms with van der Waals surface area (Å²) in [5.41, 5.74) is 6.29. The van der Waals surface area contributed by atoms with Gasteiger partial charge in [-0.25, -0.2) is 0 Å². The molecular weight excluding hydrogens is 284 g/mol. The van der Waals surface area contributed by atoms with Gasteiger partial charge in [0.15, 0.2) is 6.10 Å². The number of carbonyl (C=O) groups excluding carboxylic acids is 1. The summed E-state index contributed by atoms with van der Waals surface area (Å²) >= 11 is 3.31. The fraction of sp³-hybridized carbons (Fsp3) is 0.417. The number of rotatable bonds is 5. The monoisotopic (exact) mass is 300 g/mol. The zero-order chi connectivity index (χ0) is 12.8. The third-order valence-corrected chi connectivity index (χ3v) is 2.69. The van der Waals surface area contributed by atoms with Crippen LogP contribution in [-0.2, 0) is 4.79 Å². The third-order valence-electron chi connectivity index (χ3n) is 2.19. The van der Waals surface area contributed by atoms with Crippen LogP contribution in [-0.4, -0.2) is 18.6 Å². The summed E-state index contributed by atoms with van der Waals surface area (Å²) in [5, 5.41) is 2.77. The van der Waals surface area contributed by atoms with Gasteiger partial charge in [0.25, 0.3) is 5.91 Å². The molecule has 5 heteroatoms. The van der Waals surface area contributed by atoms with Crippen molar-refractivity contribution in [2.24, 2.45) is 0 Å². The molecule has 1 amide bonds. The molecule has 4 nitrogen and oxygen atoms in total. The molecule has 1 rings (SSSR count). The molecular formula is C12H17BrN2O2. The molecule has 0 saturated heterocycles. The largest absolute Gasteiger partial charge is 0.479 e. The number of amides is 1. The van der Waals surface area contributed by atoms with Crippen molar-refractivity contribution in [2.45, 2.75) is 26.4 Å². The maximum Gasteiger partial charge on any atom is 0.260 e. The third kappa shape index (κ3) is 4.26. The van der Waals surface area contributed by atoms with Gasteiger partial charge < -0.3 is 15.8 Å². The summed E-state index contributed by atoms with van der Waals surface area (Å²) in [6.45, 7) is 4.35. The minimum absolute atomic E-state index is 0.130. The zero-order valence-corrected chi connectivity index (χ0v) is 11.6. The smallest absolute Gasteiger partial charge is 0.260 e. The van der Waals surface area contributed by atoms with E-state index < -0.39 is 6.10 Å². The van der Waals surface area contributed by atoms with E-state index in [1.54, 1.807) is 19.1 Å². The number of nitrogen functional groups attached to an aromatic ring is 1. The Morgan fingerprint density at radius 1 is 1.59 bits per heavy atom. The molecule has 1 unspecified atom stereocenters. The lowest BCUT2D eigenvalue weighted by molar-refractivity contribution is -0.127. The van der Waals surface area contributed by atoms with Gasteiger partial charge in [0.05, 0.1) is 5.69 Å². The predicted octanol–water partition coefficient (Wildman–Crippen LogP) is 2.32. The lowest BCUT2D eigenvalue weighted by Gasteiger charge is -2.15. The molecule has 0 radical (unpaired) electrons. The van der Waals surface area contributed by atoms with Gasteiger partial charge in [0.2, 0.25) is 0 Å². The topological polar surface area (TPSA) is 64.3 Å². The average molecular weight is 301 g/mol. The van der Waals surface area contributed by atoms with Crippen LogP contribution in [0.15, 0.2) is 22.7 Å². The number of benzene rings is 1. The number of nitrogens with two attached hydrogens (primary N) is 1. The number of nitrogens with one attached hydrogen (secondary N) is 1. The van der Waals surface area contributed by atoms with E-state index in [4.69, 9.17) is 10.5 Å². The van der Waals surface area contributed by atoms with Crippen molar-refractivity contribution in [1.29, 1.82) is 0 Å². The summed E-state index contributed by atoms with van der Waals surface area (Å²) in [6.07, 6.45) is 0.351. The fourth-order valence-electron chi connectivity index (χ4n) is 1.26. The number of hydrogen-bond acceptors (Lipinski definition) is 3. The normalized spacial score (nSPS) is 11.9. The molecule has 0 aliphatic carbocycles. The van der Waals surface area contributed by atoms with Gasteiger partial charge in [-0.1, -0.05) is 22.9 Å². The highest BCUT2D eigenvalue weighted by Crippen LogP contribution is 2.26. The summed E-state index contributed by atoms with van der Waals surface area (Å²) in [6, 6.07) is 5.30. The van der Waals surface area contributed by atoms with Crippen LogP contribution in [0.4, 0.5) is 5.69 Å². The highest BCUT2D eigenvalue weighted by atomic mass is 79.9. The van der Waals surface area contributed by atoms with E-state index in [1.165, 1.54) is 0 Å². The molecule has 17 heavy (non-hydrogen) atoms. The fourth-order valence-corrected chi connectivity index (χ4v) is 1.64. The molecule has 0 aliphatic heterocycles. The molecule has 1 aromatic rings. The van der Waals surface area contributed by atoms with Gasteiger partial charge in [-0.15, -0.1) is 0 Å². The Balaban J connectivity index is 2.61. The maximum atomic E-state index is 11.6. The number of ether oxygens (including phenoxy) is 1. The Hall–Kier alpha value is -1.23. The highest BCUT2D eigenvalue weighted by Gasteiger charge is 2.14. The maximum absolute atomic E-state index is 11.6. The standard InChI is InChI=1S/C12H17BrN2O2/c1-3-6-15-12(16)8(2)17-11-5-4-9(13)7-10(11)14/h4-5,7-8H,3,6,14H2,1-2H3,(H,15,16). The van der Waals surface area contributed by atoms with Crippen molar-refractivity contribution in [1.82, 2.24) is 5.32 Å². The van der Waals surface area contributed by atoms with E-state index >= 15 is 0 Å². The quantitative estimate of drug-likeness (QED) is 0.820. The molecule has 94 valence electrons. The van der Waals surface area contributed by atoms with Gasteiger partial charge in [-0.2, -0.15) is 0 Å². The minimum atomic E-state index is -0.551. The van der Waals surface area contributed by atoms with Crippen molar-refractivity contribution < 1.29 is 9.53 Å². The second-order valence-electron chi connectivity index (χ2n) is 3.73. The van der Waals surface area contributed by atoms with Gasteiger partial charge >= 0.3 is 0 Å². The number of hydrogen-bond donors (Lipinski definition) is 2. The van der Waals surface area contributed by atoms with Crippen molar-refractivity contribution in [3.05, 3.63) is 22.7 Å². The summed E-state index contributed by atoms with van der Waals surface area (Å²) < 4.78 is 6.38. The van der Waals surface area contributed by atoms with E-state index in [-0.39, 0.29) is 5.91 Å². The van der Waals surface area contributed by atoms with Gasteiger partial charge in [0, 0.05) is 11.0 Å². The Morgan fingerprint density at radius 3 is 2.88 bits per heavy atom. The molecule has 0 spiro atoms. The highest BCUT2D eigenvalue weighted by molar-refractivity contribution is 9.10. The average Bonchev–Trinajstić information content (AvgIpc) is 2.29. The lowest BCUT2D eigenvalue weighted by atomic mass is 10.3. The second-order valence-corrected chi connectivity index (χ2v) is 4.65. The number of anilines is 1. The zero-order valence-electron chi connectivity index (χ0n) is 10.00. The summed E-state index contributed by atoms with van der Waals surface area (Å²) in [4.78, 5) is 11.6. The second kappa shape index (κ2) is 6.49. The SMILES string of the molecule is CCCNC(=O)C(C)Oc1ccc(Br)cc1N. The van der Waals surface area contributed by atoms with Crippen LogP contribution < -0.4 is 15.8 Å². The van der Waals surface area contributed by atoms with Crippen LogP contribution in [0, 0.1) is 0 Å². The Bertz CT molecular complexity index is 396. The van der Waals surface area contributed by atoms with E-state index in [2.05, 4.69) is 21.2 Å². The van der Waals surface area contributed by atoms with Crippen LogP contribution in [0.25, 0.3) is 0 Å². The summed E-state index contributed by atoms with van der Waals surface area (Å²) in [5.74, 6) is 0.390. The first-order chi connectivity index (χ1) is 8.04. The number of carbonyl (C=O) groups is 1. The lowest BCUT2D eigenvalue weighted by Crippen LogP contribution is -2.36. The molecule has 0 fully saturated rings. The van der Waals surface area contributed by atoms with Crippen molar-refractivity contribution in [3.8, 4) is 5.75 Å². The molecule has 3 N–H and O–H groups in total. The molecule has 0 saturated carbocycles. The summed E-state index contributed by atoms with van der Waals surface area (Å²) in [7, 11) is 0. The van der Waals surface area contributed by atoms with Crippen molar-refractivity contribution >= 4 is 27.5 Å². The first-order valence-corrected chi connectivity index (χ1v) is 6.33. The van der Waals surface area contributed by atoms with Crippen molar-refractivity contribution in [2.75, 3.05) is 12.3 Å². The van der Waals surface area contributed by atoms with E-state index in [9.17, 15) is 4.79 Å². The Labute approximate surface area is 110 Å². The molecule has 0 bridgehead atoms. The van der Waals surface area contributed by atoms with Gasteiger partial charge in [-0.05, 0) is 31.5 Å². The first kappa shape index (κ1) is 13.8. The Morgan fingerprint density at radius 2 is 2.29 bits per heavy atom. The molecule has 0 aromatic heterocycles. The molecule has 0 aliphatic rings. The van der Waals surface area contributed by atoms with E-state index in [0.717, 1.165) is 10.9 Å². The van der Waals surface area contributed by atoms with Gasteiger partial charge in [-0.3, -0.25) is 4.79 Å². The first-order valence-electron chi connectivity index (χ1n) is 5.54. The Kier molecular flexibility index (Phi) is 5.28. The van der Waals surface area contributed by atoms with Crippen molar-refractivity contribution in [3.63, 3.8) is 0 Å². The van der Waals surface area contributed by atoms with Crippen LogP contribution in [0.5, 0.6) is 5.75 Å². The van der Waals surface area contributed by atoms with E-state index in [0.29, 0.717) is 18.0 Å². The van der Waals surface area contributed by atoms with E-state index in [1.807, 2.05) is 13.0 Å². The van der Waals surface area contributed by atoms with Crippen LogP contribution in [0.2, 0.25) is 0 Å². The van der Waals surface area contributed by atoms with Crippen LogP contribution >= 0.6 is 15.9 Å². The molecule has 0 heterocycles. The molecule has 1 aromatic carbocycles. The minimum Gasteiger partial charge on any atom is -0.479 e.